The molecule has 0 aliphatic carbocycles. The van der Waals surface area contributed by atoms with Crippen LogP contribution in [-0.4, -0.2) is 19.9 Å². The summed E-state index contributed by atoms with van der Waals surface area (Å²) in [6, 6.07) is 0. The Morgan fingerprint density at radius 3 is 2.22 bits per heavy atom. The SMILES string of the molecule is CCCCCCCCc1nnc(CO)n1CCC. The maximum Gasteiger partial charge on any atom is 0.158 e. The molecule has 0 aliphatic heterocycles. The highest BCUT2D eigenvalue weighted by atomic mass is 16.3. The van der Waals surface area contributed by atoms with Crippen molar-refractivity contribution in [2.24, 2.45) is 0 Å². The van der Waals surface area contributed by atoms with Gasteiger partial charge in [0.1, 0.15) is 12.4 Å². The Morgan fingerprint density at radius 2 is 1.56 bits per heavy atom. The van der Waals surface area contributed by atoms with E-state index in [0.29, 0.717) is 5.82 Å². The summed E-state index contributed by atoms with van der Waals surface area (Å²) in [6.45, 7) is 5.27. The highest BCUT2D eigenvalue weighted by molar-refractivity contribution is 4.95. The van der Waals surface area contributed by atoms with Crippen LogP contribution in [0.2, 0.25) is 0 Å². The van der Waals surface area contributed by atoms with Crippen molar-refractivity contribution in [1.82, 2.24) is 14.8 Å². The normalized spacial score (nSPS) is 11.1. The molecule has 4 nitrogen and oxygen atoms in total. The molecule has 0 saturated heterocycles. The van der Waals surface area contributed by atoms with Gasteiger partial charge >= 0.3 is 0 Å². The van der Waals surface area contributed by atoms with E-state index in [1.54, 1.807) is 0 Å². The smallest absolute Gasteiger partial charge is 0.158 e. The van der Waals surface area contributed by atoms with Crippen LogP contribution in [0.15, 0.2) is 0 Å². The van der Waals surface area contributed by atoms with Gasteiger partial charge in [0, 0.05) is 13.0 Å². The van der Waals surface area contributed by atoms with E-state index >= 15 is 0 Å². The Hall–Kier alpha value is -0.900. The second-order valence-electron chi connectivity index (χ2n) is 4.86. The number of unbranched alkanes of at least 4 members (excludes halogenated alkanes) is 5. The van der Waals surface area contributed by atoms with Crippen LogP contribution in [0.4, 0.5) is 0 Å². The molecule has 1 heterocycles. The number of hydrogen-bond acceptors (Lipinski definition) is 3. The minimum Gasteiger partial charge on any atom is -0.388 e. The number of hydrogen-bond donors (Lipinski definition) is 1. The molecule has 0 unspecified atom stereocenters. The average Bonchev–Trinajstić information content (AvgIpc) is 2.77. The van der Waals surface area contributed by atoms with Gasteiger partial charge in [-0.1, -0.05) is 46.0 Å². The highest BCUT2D eigenvalue weighted by Gasteiger charge is 2.09. The van der Waals surface area contributed by atoms with Crippen LogP contribution in [0.3, 0.4) is 0 Å². The third-order valence-corrected chi connectivity index (χ3v) is 3.25. The molecule has 0 spiro atoms. The van der Waals surface area contributed by atoms with Crippen molar-refractivity contribution < 1.29 is 5.11 Å². The zero-order valence-corrected chi connectivity index (χ0v) is 11.9. The summed E-state index contributed by atoms with van der Waals surface area (Å²) in [5.41, 5.74) is 0. The summed E-state index contributed by atoms with van der Waals surface area (Å²) in [4.78, 5) is 0. The second kappa shape index (κ2) is 9.09. The Balaban J connectivity index is 2.34. The largest absolute Gasteiger partial charge is 0.388 e. The summed E-state index contributed by atoms with van der Waals surface area (Å²) in [5, 5.41) is 17.4. The Kier molecular flexibility index (Phi) is 7.65. The molecule has 1 N–H and O–H groups in total. The van der Waals surface area contributed by atoms with Gasteiger partial charge in [0.05, 0.1) is 0 Å². The maximum atomic E-state index is 9.20. The van der Waals surface area contributed by atoms with Crippen molar-refractivity contribution in [2.45, 2.75) is 78.4 Å². The lowest BCUT2D eigenvalue weighted by molar-refractivity contribution is 0.264. The van der Waals surface area contributed by atoms with E-state index in [-0.39, 0.29) is 6.61 Å². The molecule has 18 heavy (non-hydrogen) atoms. The number of aromatic nitrogens is 3. The lowest BCUT2D eigenvalue weighted by atomic mass is 10.1. The minimum absolute atomic E-state index is 0.0104. The predicted molar refractivity (Wildman–Crippen MR) is 73.3 cm³/mol. The highest BCUT2D eigenvalue weighted by Crippen LogP contribution is 2.10. The van der Waals surface area contributed by atoms with Gasteiger partial charge in [0.2, 0.25) is 0 Å². The molecule has 0 bridgehead atoms. The fourth-order valence-corrected chi connectivity index (χ4v) is 2.22. The van der Waals surface area contributed by atoms with Crippen LogP contribution >= 0.6 is 0 Å². The number of aryl methyl sites for hydroxylation is 1. The van der Waals surface area contributed by atoms with E-state index in [1.807, 2.05) is 0 Å². The molecule has 0 aromatic carbocycles. The maximum absolute atomic E-state index is 9.20. The van der Waals surface area contributed by atoms with Crippen molar-refractivity contribution in [1.29, 1.82) is 0 Å². The van der Waals surface area contributed by atoms with Crippen LogP contribution in [0.1, 0.15) is 70.4 Å². The Labute approximate surface area is 110 Å². The third kappa shape index (κ3) is 4.77. The first kappa shape index (κ1) is 15.2. The summed E-state index contributed by atoms with van der Waals surface area (Å²) >= 11 is 0. The van der Waals surface area contributed by atoms with Crippen LogP contribution in [0.5, 0.6) is 0 Å². The van der Waals surface area contributed by atoms with Gasteiger partial charge in [0.15, 0.2) is 5.82 Å². The molecule has 0 atom stereocenters. The molecule has 4 heteroatoms. The van der Waals surface area contributed by atoms with E-state index in [0.717, 1.165) is 25.2 Å². The molecule has 1 rings (SSSR count). The number of nitrogens with zero attached hydrogens (tertiary/aromatic N) is 3. The van der Waals surface area contributed by atoms with Crippen LogP contribution in [0, 0.1) is 0 Å². The Bertz CT molecular complexity index is 323. The van der Waals surface area contributed by atoms with E-state index in [1.165, 1.54) is 38.5 Å². The van der Waals surface area contributed by atoms with Gasteiger partial charge in [-0.25, -0.2) is 0 Å². The van der Waals surface area contributed by atoms with Crippen molar-refractivity contribution in [2.75, 3.05) is 0 Å². The fraction of sp³-hybridized carbons (Fsp3) is 0.857. The first-order chi connectivity index (χ1) is 8.83. The molecule has 0 radical (unpaired) electrons. The number of rotatable bonds is 10. The van der Waals surface area contributed by atoms with Gasteiger partial charge < -0.3 is 9.67 Å². The summed E-state index contributed by atoms with van der Waals surface area (Å²) in [7, 11) is 0. The number of aliphatic hydroxyl groups is 1. The average molecular weight is 253 g/mol. The number of aliphatic hydroxyl groups excluding tert-OH is 1. The molecule has 1 aromatic rings. The Morgan fingerprint density at radius 1 is 0.889 bits per heavy atom. The molecular formula is C14H27N3O. The molecule has 0 saturated carbocycles. The van der Waals surface area contributed by atoms with Crippen molar-refractivity contribution in [3.8, 4) is 0 Å². The van der Waals surface area contributed by atoms with E-state index in [9.17, 15) is 5.11 Å². The van der Waals surface area contributed by atoms with E-state index in [2.05, 4.69) is 28.6 Å². The van der Waals surface area contributed by atoms with Gasteiger partial charge in [-0.05, 0) is 12.8 Å². The lowest BCUT2D eigenvalue weighted by Crippen LogP contribution is -2.07. The van der Waals surface area contributed by atoms with Crippen LogP contribution in [-0.2, 0) is 19.6 Å². The summed E-state index contributed by atoms with van der Waals surface area (Å²) < 4.78 is 2.08. The lowest BCUT2D eigenvalue weighted by Gasteiger charge is -2.07. The van der Waals surface area contributed by atoms with Crippen LogP contribution < -0.4 is 0 Å². The quantitative estimate of drug-likeness (QED) is 0.652. The van der Waals surface area contributed by atoms with Crippen LogP contribution in [0.25, 0.3) is 0 Å². The van der Waals surface area contributed by atoms with E-state index < -0.39 is 0 Å². The van der Waals surface area contributed by atoms with E-state index in [4.69, 9.17) is 0 Å². The van der Waals surface area contributed by atoms with Gasteiger partial charge in [-0.3, -0.25) is 0 Å². The first-order valence-corrected chi connectivity index (χ1v) is 7.35. The predicted octanol–water partition coefficient (Wildman–Crippen LogP) is 3.08. The summed E-state index contributed by atoms with van der Waals surface area (Å²) in [5.74, 6) is 1.74. The standard InChI is InChI=1S/C14H27N3O/c1-3-5-6-7-8-9-10-13-15-16-14(12-18)17(13)11-4-2/h18H,3-12H2,1-2H3. The molecule has 0 amide bonds. The topological polar surface area (TPSA) is 50.9 Å². The van der Waals surface area contributed by atoms with Gasteiger partial charge in [-0.2, -0.15) is 0 Å². The summed E-state index contributed by atoms with van der Waals surface area (Å²) in [6.07, 6.45) is 9.80. The molecule has 1 aromatic heterocycles. The van der Waals surface area contributed by atoms with Gasteiger partial charge in [0.25, 0.3) is 0 Å². The first-order valence-electron chi connectivity index (χ1n) is 7.35. The second-order valence-corrected chi connectivity index (χ2v) is 4.86. The van der Waals surface area contributed by atoms with Crippen molar-refractivity contribution in [3.63, 3.8) is 0 Å². The monoisotopic (exact) mass is 253 g/mol. The zero-order valence-electron chi connectivity index (χ0n) is 11.9. The molecule has 0 fully saturated rings. The van der Waals surface area contributed by atoms with Crippen molar-refractivity contribution in [3.05, 3.63) is 11.6 Å². The minimum atomic E-state index is -0.0104. The zero-order chi connectivity index (χ0) is 13.2. The molecular weight excluding hydrogens is 226 g/mol. The molecule has 104 valence electrons. The molecule has 0 aliphatic rings. The van der Waals surface area contributed by atoms with Crippen molar-refractivity contribution >= 4 is 0 Å². The fourth-order valence-electron chi connectivity index (χ4n) is 2.22. The van der Waals surface area contributed by atoms with Gasteiger partial charge in [-0.15, -0.1) is 10.2 Å². The third-order valence-electron chi connectivity index (χ3n) is 3.25.